The van der Waals surface area contributed by atoms with Gasteiger partial charge in [0.2, 0.25) is 0 Å². The number of amides is 1. The van der Waals surface area contributed by atoms with Crippen LogP contribution in [0.4, 0.5) is 5.69 Å². The number of para-hydroxylation sites is 1. The van der Waals surface area contributed by atoms with E-state index >= 15 is 0 Å². The summed E-state index contributed by atoms with van der Waals surface area (Å²) < 4.78 is 5.22. The number of benzene rings is 2. The molecule has 2 aromatic rings. The average Bonchev–Trinajstić information content (AvgIpc) is 2.68. The second-order valence-electron chi connectivity index (χ2n) is 5.98. The molecule has 5 heteroatoms. The van der Waals surface area contributed by atoms with E-state index in [9.17, 15) is 4.79 Å². The van der Waals surface area contributed by atoms with Crippen LogP contribution in [0.5, 0.6) is 5.75 Å². The van der Waals surface area contributed by atoms with Gasteiger partial charge >= 0.3 is 0 Å². The highest BCUT2D eigenvalue weighted by Gasteiger charge is 2.22. The van der Waals surface area contributed by atoms with Gasteiger partial charge in [-0.05, 0) is 48.7 Å². The van der Waals surface area contributed by atoms with Crippen molar-refractivity contribution in [1.29, 1.82) is 0 Å². The van der Waals surface area contributed by atoms with Crippen molar-refractivity contribution in [1.82, 2.24) is 4.90 Å². The van der Waals surface area contributed by atoms with Crippen molar-refractivity contribution in [3.8, 4) is 5.75 Å². The molecule has 134 valence electrons. The molecular formula is C21H22N2O2S. The number of rotatable bonds is 4. The molecule has 0 aliphatic carbocycles. The number of carbonyl (C=O) groups is 1. The van der Waals surface area contributed by atoms with Gasteiger partial charge < -0.3 is 4.74 Å². The molecule has 0 aromatic heterocycles. The van der Waals surface area contributed by atoms with Crippen molar-refractivity contribution in [2.45, 2.75) is 13.3 Å². The lowest BCUT2D eigenvalue weighted by molar-refractivity contribution is -0.122. The normalized spacial score (nSPS) is 16.2. The Morgan fingerprint density at radius 1 is 1.23 bits per heavy atom. The Hall–Kier alpha value is -2.53. The number of aliphatic imine (C=N–C) groups is 1. The van der Waals surface area contributed by atoms with Crippen molar-refractivity contribution in [3.05, 3.63) is 65.7 Å². The maximum absolute atomic E-state index is 12.7. The van der Waals surface area contributed by atoms with Crippen LogP contribution < -0.4 is 4.74 Å². The van der Waals surface area contributed by atoms with E-state index in [4.69, 9.17) is 9.73 Å². The Bertz CT molecular complexity index is 845. The maximum Gasteiger partial charge on any atom is 0.252 e. The Morgan fingerprint density at radius 3 is 2.88 bits per heavy atom. The van der Waals surface area contributed by atoms with E-state index < -0.39 is 0 Å². The Balaban J connectivity index is 1.79. The molecule has 1 fully saturated rings. The summed E-state index contributed by atoms with van der Waals surface area (Å²) in [6, 6.07) is 15.6. The smallest absolute Gasteiger partial charge is 0.252 e. The molecule has 0 N–H and O–H groups in total. The van der Waals surface area contributed by atoms with E-state index in [1.54, 1.807) is 29.8 Å². The predicted molar refractivity (Wildman–Crippen MR) is 109 cm³/mol. The van der Waals surface area contributed by atoms with Gasteiger partial charge in [0.25, 0.3) is 5.91 Å². The molecular weight excluding hydrogens is 344 g/mol. The first-order chi connectivity index (χ1) is 12.7. The second-order valence-corrected chi connectivity index (χ2v) is 7.04. The summed E-state index contributed by atoms with van der Waals surface area (Å²) in [4.78, 5) is 19.2. The number of nitrogens with zero attached hydrogens (tertiary/aromatic N) is 2. The summed E-state index contributed by atoms with van der Waals surface area (Å²) in [5.41, 5.74) is 2.94. The lowest BCUT2D eigenvalue weighted by atomic mass is 10.2. The molecule has 1 saturated heterocycles. The molecule has 0 bridgehead atoms. The average molecular weight is 366 g/mol. The fraction of sp³-hybridized carbons (Fsp3) is 0.238. The van der Waals surface area contributed by atoms with E-state index in [1.807, 2.05) is 61.5 Å². The first-order valence-electron chi connectivity index (χ1n) is 8.58. The van der Waals surface area contributed by atoms with Crippen LogP contribution >= 0.6 is 11.8 Å². The Kier molecular flexibility index (Phi) is 6.12. The lowest BCUT2D eigenvalue weighted by Gasteiger charge is -2.26. The first-order valence-corrected chi connectivity index (χ1v) is 9.56. The van der Waals surface area contributed by atoms with Crippen molar-refractivity contribution in [2.75, 3.05) is 19.4 Å². The van der Waals surface area contributed by atoms with Crippen LogP contribution in [0.1, 0.15) is 17.5 Å². The van der Waals surface area contributed by atoms with Gasteiger partial charge in [0.15, 0.2) is 5.17 Å². The standard InChI is InChI=1S/C21H22N2O2S/c1-16-7-3-4-10-19(16)22-21-23(13-6-14-26-21)20(24)12-11-17-8-5-9-18(15-17)25-2/h3-5,7-12,15H,6,13-14H2,1-2H3/b12-11+,22-21?. The third-order valence-corrected chi connectivity index (χ3v) is 5.16. The molecule has 1 amide bonds. The summed E-state index contributed by atoms with van der Waals surface area (Å²) in [7, 11) is 1.63. The summed E-state index contributed by atoms with van der Waals surface area (Å²) in [5.74, 6) is 1.70. The van der Waals surface area contributed by atoms with Crippen LogP contribution in [-0.2, 0) is 4.79 Å². The second kappa shape index (κ2) is 8.72. The van der Waals surface area contributed by atoms with Crippen molar-refractivity contribution >= 4 is 34.6 Å². The third-order valence-electron chi connectivity index (χ3n) is 4.10. The van der Waals surface area contributed by atoms with Crippen molar-refractivity contribution in [2.24, 2.45) is 4.99 Å². The zero-order valence-electron chi connectivity index (χ0n) is 15.0. The van der Waals surface area contributed by atoms with Gasteiger partial charge in [0.1, 0.15) is 5.75 Å². The predicted octanol–water partition coefficient (Wildman–Crippen LogP) is 4.67. The van der Waals surface area contributed by atoms with Crippen molar-refractivity contribution < 1.29 is 9.53 Å². The summed E-state index contributed by atoms with van der Waals surface area (Å²) in [6.45, 7) is 2.72. The molecule has 26 heavy (non-hydrogen) atoms. The van der Waals surface area contributed by atoms with Crippen LogP contribution in [0.25, 0.3) is 6.08 Å². The third kappa shape index (κ3) is 4.55. The van der Waals surface area contributed by atoms with E-state index in [-0.39, 0.29) is 5.91 Å². The summed E-state index contributed by atoms with van der Waals surface area (Å²) >= 11 is 1.63. The van der Waals surface area contributed by atoms with Crippen molar-refractivity contribution in [3.63, 3.8) is 0 Å². The zero-order valence-corrected chi connectivity index (χ0v) is 15.8. The van der Waals surface area contributed by atoms with Crippen LogP contribution in [0.15, 0.2) is 59.6 Å². The molecule has 1 heterocycles. The van der Waals surface area contributed by atoms with Crippen LogP contribution in [0, 0.1) is 6.92 Å². The zero-order chi connectivity index (χ0) is 18.4. The number of amidine groups is 1. The van der Waals surface area contributed by atoms with Gasteiger partial charge in [-0.1, -0.05) is 42.1 Å². The monoisotopic (exact) mass is 366 g/mol. The first kappa shape index (κ1) is 18.3. The quantitative estimate of drug-likeness (QED) is 0.739. The fourth-order valence-electron chi connectivity index (χ4n) is 2.65. The van der Waals surface area contributed by atoms with E-state index in [2.05, 4.69) is 0 Å². The number of hydrogen-bond acceptors (Lipinski definition) is 4. The topological polar surface area (TPSA) is 41.9 Å². The molecule has 0 radical (unpaired) electrons. The molecule has 0 unspecified atom stereocenters. The van der Waals surface area contributed by atoms with E-state index in [0.29, 0.717) is 6.54 Å². The van der Waals surface area contributed by atoms with Gasteiger partial charge in [-0.3, -0.25) is 9.69 Å². The molecule has 1 aliphatic heterocycles. The highest BCUT2D eigenvalue weighted by atomic mass is 32.2. The molecule has 0 spiro atoms. The van der Waals surface area contributed by atoms with Crippen LogP contribution in [0.2, 0.25) is 0 Å². The number of aryl methyl sites for hydroxylation is 1. The van der Waals surface area contributed by atoms with Gasteiger partial charge in [-0.2, -0.15) is 0 Å². The van der Waals surface area contributed by atoms with Gasteiger partial charge in [0.05, 0.1) is 12.8 Å². The molecule has 0 saturated carbocycles. The lowest BCUT2D eigenvalue weighted by Crippen LogP contribution is -2.38. The molecule has 0 atom stereocenters. The summed E-state index contributed by atoms with van der Waals surface area (Å²) in [5, 5.41) is 0.769. The SMILES string of the molecule is COc1cccc(/C=C/C(=O)N2CCCSC2=Nc2ccccc2C)c1. The molecule has 1 aliphatic rings. The minimum Gasteiger partial charge on any atom is -0.497 e. The number of thioether (sulfide) groups is 1. The van der Waals surface area contributed by atoms with E-state index in [1.165, 1.54) is 0 Å². The highest BCUT2D eigenvalue weighted by molar-refractivity contribution is 8.13. The Labute approximate surface area is 158 Å². The molecule has 3 rings (SSSR count). The number of carbonyl (C=O) groups excluding carboxylic acids is 1. The fourth-order valence-corrected chi connectivity index (χ4v) is 3.61. The van der Waals surface area contributed by atoms with Crippen LogP contribution in [-0.4, -0.2) is 35.4 Å². The summed E-state index contributed by atoms with van der Waals surface area (Å²) in [6.07, 6.45) is 4.39. The maximum atomic E-state index is 12.7. The molecule has 2 aromatic carbocycles. The van der Waals surface area contributed by atoms with Gasteiger partial charge in [0, 0.05) is 18.4 Å². The highest BCUT2D eigenvalue weighted by Crippen LogP contribution is 2.25. The molecule has 4 nitrogen and oxygen atoms in total. The minimum atomic E-state index is -0.0487. The van der Waals surface area contributed by atoms with E-state index in [0.717, 1.165) is 39.9 Å². The number of methoxy groups -OCH3 is 1. The number of ether oxygens (including phenoxy) is 1. The van der Waals surface area contributed by atoms with Gasteiger partial charge in [-0.15, -0.1) is 0 Å². The van der Waals surface area contributed by atoms with Crippen LogP contribution in [0.3, 0.4) is 0 Å². The van der Waals surface area contributed by atoms with Gasteiger partial charge in [-0.25, -0.2) is 4.99 Å². The Morgan fingerprint density at radius 2 is 2.08 bits per heavy atom. The minimum absolute atomic E-state index is 0.0487. The number of hydrogen-bond donors (Lipinski definition) is 0. The largest absolute Gasteiger partial charge is 0.497 e.